The van der Waals surface area contributed by atoms with Crippen LogP contribution in [0.25, 0.3) is 0 Å². The molecule has 1 unspecified atom stereocenters. The molecular formula is C20H18Cl2F4N2O2. The Morgan fingerprint density at radius 1 is 1.23 bits per heavy atom. The Morgan fingerprint density at radius 3 is 2.50 bits per heavy atom. The molecule has 1 atom stereocenters. The van der Waals surface area contributed by atoms with Crippen LogP contribution in [-0.4, -0.2) is 27.8 Å². The van der Waals surface area contributed by atoms with Gasteiger partial charge in [0.05, 0.1) is 27.4 Å². The number of aromatic nitrogens is 1. The number of alkyl halides is 4. The fourth-order valence-corrected chi connectivity index (χ4v) is 4.06. The Balaban J connectivity index is 1.97. The molecule has 0 saturated heterocycles. The van der Waals surface area contributed by atoms with Gasteiger partial charge in [-0.2, -0.15) is 13.2 Å². The lowest BCUT2D eigenvalue weighted by Crippen LogP contribution is -2.49. The van der Waals surface area contributed by atoms with Gasteiger partial charge < -0.3 is 10.4 Å². The van der Waals surface area contributed by atoms with Gasteiger partial charge >= 0.3 is 6.18 Å². The zero-order chi connectivity index (χ0) is 22.1. The van der Waals surface area contributed by atoms with Crippen LogP contribution in [0.2, 0.25) is 10.0 Å². The highest BCUT2D eigenvalue weighted by Crippen LogP contribution is 2.40. The zero-order valence-electron chi connectivity index (χ0n) is 15.5. The normalized spacial score (nSPS) is 23.1. The smallest absolute Gasteiger partial charge is 0.387 e. The summed E-state index contributed by atoms with van der Waals surface area (Å²) in [6.45, 7) is 0. The quantitative estimate of drug-likeness (QED) is 0.585. The number of hydrogen-bond donors (Lipinski definition) is 2. The van der Waals surface area contributed by atoms with E-state index in [9.17, 15) is 27.5 Å². The topological polar surface area (TPSA) is 62.2 Å². The molecule has 10 heteroatoms. The predicted octanol–water partition coefficient (Wildman–Crippen LogP) is 5.52. The van der Waals surface area contributed by atoms with Crippen LogP contribution in [0.3, 0.4) is 0 Å². The summed E-state index contributed by atoms with van der Waals surface area (Å²) in [5.74, 6) is -0.923. The average Bonchev–Trinajstić information content (AvgIpc) is 2.67. The Bertz CT molecular complexity index is 931. The second-order valence-corrected chi connectivity index (χ2v) is 8.06. The summed E-state index contributed by atoms with van der Waals surface area (Å²) in [6.07, 6.45) is -4.22. The van der Waals surface area contributed by atoms with Crippen LogP contribution in [0.15, 0.2) is 36.5 Å². The third kappa shape index (κ3) is 4.87. The first-order chi connectivity index (χ1) is 14.0. The third-order valence-electron chi connectivity index (χ3n) is 5.18. The van der Waals surface area contributed by atoms with E-state index >= 15 is 0 Å². The van der Waals surface area contributed by atoms with E-state index in [4.69, 9.17) is 23.2 Å². The van der Waals surface area contributed by atoms with Crippen molar-refractivity contribution in [1.29, 1.82) is 0 Å². The number of hydrogen-bond acceptors (Lipinski definition) is 3. The number of carbonyl (C=O) groups is 1. The van der Waals surface area contributed by atoms with Crippen molar-refractivity contribution in [2.24, 2.45) is 0 Å². The molecule has 0 spiro atoms. The molecule has 2 aromatic rings. The molecule has 1 amide bonds. The number of pyridine rings is 1. The van der Waals surface area contributed by atoms with E-state index in [1.165, 1.54) is 18.3 Å². The van der Waals surface area contributed by atoms with Crippen molar-refractivity contribution >= 4 is 29.1 Å². The van der Waals surface area contributed by atoms with Crippen molar-refractivity contribution < 1.29 is 27.5 Å². The van der Waals surface area contributed by atoms with Crippen LogP contribution in [0.1, 0.15) is 53.3 Å². The molecule has 1 aliphatic carbocycles. The molecule has 1 aromatic heterocycles. The summed E-state index contributed by atoms with van der Waals surface area (Å²) in [6, 6.07) is 4.79. The average molecular weight is 465 g/mol. The first kappa shape index (κ1) is 22.8. The van der Waals surface area contributed by atoms with Gasteiger partial charge in [-0.3, -0.25) is 9.78 Å². The SMILES string of the molecule is O=C(NC(c1cc(Cl)ccn1)[C@]1(O)CC[C@H](F)CC1)c1cccc(C(F)(F)F)c1Cl. The fraction of sp³-hybridized carbons (Fsp3) is 0.400. The largest absolute Gasteiger partial charge is 0.417 e. The number of halogens is 6. The minimum absolute atomic E-state index is 0.0314. The molecule has 30 heavy (non-hydrogen) atoms. The lowest BCUT2D eigenvalue weighted by atomic mass is 9.77. The molecule has 0 radical (unpaired) electrons. The van der Waals surface area contributed by atoms with Gasteiger partial charge in [0, 0.05) is 11.2 Å². The van der Waals surface area contributed by atoms with Crippen LogP contribution >= 0.6 is 23.2 Å². The highest BCUT2D eigenvalue weighted by Gasteiger charge is 2.43. The zero-order valence-corrected chi connectivity index (χ0v) is 17.0. The van der Waals surface area contributed by atoms with Crippen LogP contribution in [-0.2, 0) is 6.18 Å². The summed E-state index contributed by atoms with van der Waals surface area (Å²) in [7, 11) is 0. The second-order valence-electron chi connectivity index (χ2n) is 7.25. The molecule has 4 nitrogen and oxygen atoms in total. The first-order valence-electron chi connectivity index (χ1n) is 9.16. The minimum Gasteiger partial charge on any atom is -0.387 e. The Morgan fingerprint density at radius 2 is 1.90 bits per heavy atom. The van der Waals surface area contributed by atoms with Crippen LogP contribution in [0.5, 0.6) is 0 Å². The van der Waals surface area contributed by atoms with E-state index < -0.39 is 46.0 Å². The van der Waals surface area contributed by atoms with Gasteiger partial charge in [-0.05, 0) is 49.9 Å². The first-order valence-corrected chi connectivity index (χ1v) is 9.91. The molecule has 1 aliphatic rings. The molecule has 162 valence electrons. The van der Waals surface area contributed by atoms with Gasteiger partial charge in [-0.15, -0.1) is 0 Å². The maximum Gasteiger partial charge on any atom is 0.417 e. The Kier molecular flexibility index (Phi) is 6.60. The maximum absolute atomic E-state index is 13.6. The van der Waals surface area contributed by atoms with Crippen molar-refractivity contribution in [2.75, 3.05) is 0 Å². The minimum atomic E-state index is -4.74. The summed E-state index contributed by atoms with van der Waals surface area (Å²) in [5, 5.41) is 13.2. The molecule has 3 rings (SSSR count). The number of nitrogens with zero attached hydrogens (tertiary/aromatic N) is 1. The van der Waals surface area contributed by atoms with Crippen molar-refractivity contribution in [3.8, 4) is 0 Å². The molecule has 2 N–H and O–H groups in total. The standard InChI is InChI=1S/C20H18Cl2F4N2O2/c21-11-6-9-27-15(10-11)17(19(30)7-4-12(23)5-8-19)28-18(29)13-2-1-3-14(16(13)22)20(24,25)26/h1-3,6,9-10,12,17,30H,4-5,7-8H2,(H,28,29)/t12-,17?,19-. The van der Waals surface area contributed by atoms with Gasteiger partial charge in [0.1, 0.15) is 12.2 Å². The van der Waals surface area contributed by atoms with Crippen LogP contribution in [0.4, 0.5) is 17.6 Å². The van der Waals surface area contributed by atoms with Gasteiger partial charge in [0.25, 0.3) is 5.91 Å². The van der Waals surface area contributed by atoms with E-state index in [-0.39, 0.29) is 31.4 Å². The molecule has 0 aliphatic heterocycles. The lowest BCUT2D eigenvalue weighted by molar-refractivity contribution is -0.137. The number of aliphatic hydroxyl groups is 1. The number of nitrogens with one attached hydrogen (secondary N) is 1. The Hall–Kier alpha value is -1.90. The van der Waals surface area contributed by atoms with E-state index in [0.29, 0.717) is 5.02 Å². The predicted molar refractivity (Wildman–Crippen MR) is 104 cm³/mol. The highest BCUT2D eigenvalue weighted by molar-refractivity contribution is 6.34. The van der Waals surface area contributed by atoms with Crippen molar-refractivity contribution in [3.05, 3.63) is 63.4 Å². The van der Waals surface area contributed by atoms with Gasteiger partial charge in [0.15, 0.2) is 0 Å². The Labute approximate surface area is 180 Å². The highest BCUT2D eigenvalue weighted by atomic mass is 35.5. The molecule has 1 heterocycles. The van der Waals surface area contributed by atoms with Crippen molar-refractivity contribution in [1.82, 2.24) is 10.3 Å². The molecule has 0 bridgehead atoms. The van der Waals surface area contributed by atoms with E-state index in [0.717, 1.165) is 18.2 Å². The fourth-order valence-electron chi connectivity index (χ4n) is 3.57. The molecule has 1 aromatic carbocycles. The van der Waals surface area contributed by atoms with Gasteiger partial charge in [-0.25, -0.2) is 4.39 Å². The molecular weight excluding hydrogens is 447 g/mol. The van der Waals surface area contributed by atoms with Crippen LogP contribution < -0.4 is 5.32 Å². The summed E-state index contributed by atoms with van der Waals surface area (Å²) < 4.78 is 53.0. The van der Waals surface area contributed by atoms with Crippen molar-refractivity contribution in [3.63, 3.8) is 0 Å². The lowest BCUT2D eigenvalue weighted by Gasteiger charge is -2.40. The number of carbonyl (C=O) groups excluding carboxylic acids is 1. The van der Waals surface area contributed by atoms with Crippen molar-refractivity contribution in [2.45, 2.75) is 49.7 Å². The van der Waals surface area contributed by atoms with E-state index in [1.807, 2.05) is 0 Å². The number of benzene rings is 1. The summed E-state index contributed by atoms with van der Waals surface area (Å²) in [5.41, 5.74) is -2.89. The second kappa shape index (κ2) is 8.69. The molecule has 1 fully saturated rings. The summed E-state index contributed by atoms with van der Waals surface area (Å²) in [4.78, 5) is 17.0. The van der Waals surface area contributed by atoms with E-state index in [1.54, 1.807) is 0 Å². The van der Waals surface area contributed by atoms with Gasteiger partial charge in [0.2, 0.25) is 0 Å². The number of amides is 1. The monoisotopic (exact) mass is 464 g/mol. The third-order valence-corrected chi connectivity index (χ3v) is 5.82. The van der Waals surface area contributed by atoms with E-state index in [2.05, 4.69) is 10.3 Å². The van der Waals surface area contributed by atoms with Crippen LogP contribution in [0, 0.1) is 0 Å². The molecule has 1 saturated carbocycles. The summed E-state index contributed by atoms with van der Waals surface area (Å²) >= 11 is 11.9. The maximum atomic E-state index is 13.6. The van der Waals surface area contributed by atoms with Gasteiger partial charge in [-0.1, -0.05) is 29.3 Å². The number of rotatable bonds is 4.